The average molecular weight is 408 g/mol. The maximum Gasteiger partial charge on any atom is 0.334 e. The lowest BCUT2D eigenvalue weighted by atomic mass is 10.2. The molecule has 0 unspecified atom stereocenters. The molecule has 2 heterocycles. The second-order valence-electron chi connectivity index (χ2n) is 7.00. The third-order valence-electron chi connectivity index (χ3n) is 5.31. The van der Waals surface area contributed by atoms with E-state index in [4.69, 9.17) is 9.47 Å². The summed E-state index contributed by atoms with van der Waals surface area (Å²) in [6.07, 6.45) is 0. The topological polar surface area (TPSA) is 79.8 Å². The third kappa shape index (κ3) is 3.89. The van der Waals surface area contributed by atoms with Crippen LogP contribution in [0.2, 0.25) is 0 Å². The number of hydrogen-bond donors (Lipinski definition) is 1. The van der Waals surface area contributed by atoms with Crippen molar-refractivity contribution in [3.05, 3.63) is 75.4 Å². The van der Waals surface area contributed by atoms with Gasteiger partial charge in [-0.1, -0.05) is 0 Å². The Kier molecular flexibility index (Phi) is 5.47. The van der Waals surface area contributed by atoms with Gasteiger partial charge in [-0.15, -0.1) is 0 Å². The maximum atomic E-state index is 12.7. The summed E-state index contributed by atoms with van der Waals surface area (Å²) in [7, 11) is 3.22. The largest absolute Gasteiger partial charge is 0.497 e. The smallest absolute Gasteiger partial charge is 0.334 e. The van der Waals surface area contributed by atoms with Crippen LogP contribution >= 0.6 is 0 Å². The monoisotopic (exact) mass is 408 g/mol. The maximum absolute atomic E-state index is 12.7. The molecule has 8 heteroatoms. The molecule has 4 rings (SSSR count). The van der Waals surface area contributed by atoms with Crippen molar-refractivity contribution in [1.82, 2.24) is 9.55 Å². The Morgan fingerprint density at radius 1 is 0.733 bits per heavy atom. The van der Waals surface area contributed by atoms with E-state index >= 15 is 0 Å². The SMILES string of the molecule is COc1ccc(N2CCN(c3cc(=O)n(-c4ccc(OC)cc4)c(=O)[nH]3)CC2)cc1. The Balaban J connectivity index is 1.50. The van der Waals surface area contributed by atoms with Gasteiger partial charge in [-0.2, -0.15) is 0 Å². The predicted molar refractivity (Wildman–Crippen MR) is 117 cm³/mol. The Bertz CT molecular complexity index is 1080. The van der Waals surface area contributed by atoms with Gasteiger partial charge in [0.2, 0.25) is 0 Å². The van der Waals surface area contributed by atoms with Crippen LogP contribution in [0.5, 0.6) is 11.5 Å². The zero-order chi connectivity index (χ0) is 21.1. The summed E-state index contributed by atoms with van der Waals surface area (Å²) in [5, 5.41) is 0. The number of H-pyrrole nitrogens is 1. The normalized spacial score (nSPS) is 13.9. The lowest BCUT2D eigenvalue weighted by Gasteiger charge is -2.37. The number of piperazine rings is 1. The van der Waals surface area contributed by atoms with Crippen LogP contribution in [0.3, 0.4) is 0 Å². The molecule has 1 aliphatic rings. The van der Waals surface area contributed by atoms with Gasteiger partial charge >= 0.3 is 5.69 Å². The van der Waals surface area contributed by atoms with Gasteiger partial charge < -0.3 is 19.3 Å². The first kappa shape index (κ1) is 19.6. The molecular weight excluding hydrogens is 384 g/mol. The van der Waals surface area contributed by atoms with Crippen molar-refractivity contribution in [1.29, 1.82) is 0 Å². The van der Waals surface area contributed by atoms with Gasteiger partial charge in [-0.25, -0.2) is 9.36 Å². The summed E-state index contributed by atoms with van der Waals surface area (Å²) in [6.45, 7) is 2.98. The Hall–Kier alpha value is -3.68. The molecule has 0 amide bonds. The van der Waals surface area contributed by atoms with Gasteiger partial charge in [-0.3, -0.25) is 9.78 Å². The Morgan fingerprint density at radius 3 is 1.73 bits per heavy atom. The highest BCUT2D eigenvalue weighted by molar-refractivity contribution is 5.51. The summed E-state index contributed by atoms with van der Waals surface area (Å²) in [5.41, 5.74) is 0.800. The molecule has 0 radical (unpaired) electrons. The van der Waals surface area contributed by atoms with Crippen molar-refractivity contribution in [2.24, 2.45) is 0 Å². The molecule has 0 saturated carbocycles. The van der Waals surface area contributed by atoms with Gasteiger partial charge in [0.1, 0.15) is 17.3 Å². The van der Waals surface area contributed by atoms with Gasteiger partial charge in [0.15, 0.2) is 0 Å². The molecule has 1 fully saturated rings. The molecule has 1 saturated heterocycles. The van der Waals surface area contributed by atoms with E-state index in [1.165, 1.54) is 6.07 Å². The fraction of sp³-hybridized carbons (Fsp3) is 0.273. The van der Waals surface area contributed by atoms with Crippen LogP contribution < -0.4 is 30.5 Å². The molecule has 1 aliphatic heterocycles. The lowest BCUT2D eigenvalue weighted by molar-refractivity contribution is 0.414. The van der Waals surface area contributed by atoms with Crippen LogP contribution in [0.1, 0.15) is 0 Å². The van der Waals surface area contributed by atoms with Gasteiger partial charge in [0, 0.05) is 37.9 Å². The first-order valence-corrected chi connectivity index (χ1v) is 9.74. The number of hydrogen-bond acceptors (Lipinski definition) is 6. The zero-order valence-electron chi connectivity index (χ0n) is 17.0. The molecule has 0 atom stereocenters. The number of ether oxygens (including phenoxy) is 2. The van der Waals surface area contributed by atoms with Gasteiger partial charge in [0.25, 0.3) is 5.56 Å². The van der Waals surface area contributed by atoms with Crippen molar-refractivity contribution >= 4 is 11.5 Å². The molecule has 2 aromatic carbocycles. The summed E-state index contributed by atoms with van der Waals surface area (Å²) in [4.78, 5) is 32.4. The molecular formula is C22H24N4O4. The first-order valence-electron chi connectivity index (χ1n) is 9.74. The van der Waals surface area contributed by atoms with E-state index in [-0.39, 0.29) is 5.56 Å². The fourth-order valence-corrected chi connectivity index (χ4v) is 3.63. The molecule has 0 bridgehead atoms. The number of nitrogens with one attached hydrogen (secondary N) is 1. The van der Waals surface area contributed by atoms with Crippen molar-refractivity contribution < 1.29 is 9.47 Å². The highest BCUT2D eigenvalue weighted by atomic mass is 16.5. The van der Waals surface area contributed by atoms with Crippen LogP contribution in [-0.4, -0.2) is 49.9 Å². The molecule has 0 spiro atoms. The minimum atomic E-state index is -0.458. The summed E-state index contributed by atoms with van der Waals surface area (Å²) in [6, 6.07) is 16.2. The third-order valence-corrected chi connectivity index (χ3v) is 5.31. The van der Waals surface area contributed by atoms with Crippen molar-refractivity contribution in [3.8, 4) is 17.2 Å². The minimum Gasteiger partial charge on any atom is -0.497 e. The van der Waals surface area contributed by atoms with Crippen molar-refractivity contribution in [2.45, 2.75) is 0 Å². The summed E-state index contributed by atoms with van der Waals surface area (Å²) >= 11 is 0. The van der Waals surface area contributed by atoms with E-state index in [0.717, 1.165) is 29.1 Å². The van der Waals surface area contributed by atoms with E-state index in [9.17, 15) is 9.59 Å². The van der Waals surface area contributed by atoms with Gasteiger partial charge in [0.05, 0.1) is 19.9 Å². The van der Waals surface area contributed by atoms with E-state index in [1.807, 2.05) is 29.2 Å². The zero-order valence-corrected chi connectivity index (χ0v) is 17.0. The predicted octanol–water partition coefficient (Wildman–Crippen LogP) is 1.87. The highest BCUT2D eigenvalue weighted by Crippen LogP contribution is 2.21. The highest BCUT2D eigenvalue weighted by Gasteiger charge is 2.19. The minimum absolute atomic E-state index is 0.364. The number of aromatic amines is 1. The summed E-state index contributed by atoms with van der Waals surface area (Å²) < 4.78 is 11.5. The second kappa shape index (κ2) is 8.36. The van der Waals surface area contributed by atoms with Crippen molar-refractivity contribution in [3.63, 3.8) is 0 Å². The molecule has 156 valence electrons. The lowest BCUT2D eigenvalue weighted by Crippen LogP contribution is -2.48. The standard InChI is InChI=1S/C22H24N4O4/c1-29-18-7-3-16(4-8-18)24-11-13-25(14-12-24)20-15-21(27)26(22(28)23-20)17-5-9-19(30-2)10-6-17/h3-10,15H,11-14H2,1-2H3,(H,23,28). The molecule has 3 aromatic rings. The number of methoxy groups -OCH3 is 2. The van der Waals surface area contributed by atoms with Crippen molar-refractivity contribution in [2.75, 3.05) is 50.2 Å². The number of rotatable bonds is 5. The van der Waals surface area contributed by atoms with Crippen LogP contribution in [0.15, 0.2) is 64.2 Å². The molecule has 1 N–H and O–H groups in total. The number of aromatic nitrogens is 2. The average Bonchev–Trinajstić information content (AvgIpc) is 2.79. The van der Waals surface area contributed by atoms with Crippen LogP contribution in [-0.2, 0) is 0 Å². The van der Waals surface area contributed by atoms with Crippen LogP contribution in [0, 0.1) is 0 Å². The van der Waals surface area contributed by atoms with Crippen LogP contribution in [0.4, 0.5) is 11.5 Å². The van der Waals surface area contributed by atoms with Gasteiger partial charge in [-0.05, 0) is 48.5 Å². The Labute approximate surface area is 173 Å². The molecule has 1 aromatic heterocycles. The molecule has 8 nitrogen and oxygen atoms in total. The Morgan fingerprint density at radius 2 is 1.23 bits per heavy atom. The van der Waals surface area contributed by atoms with E-state index in [0.29, 0.717) is 30.3 Å². The quantitative estimate of drug-likeness (QED) is 0.694. The fourth-order valence-electron chi connectivity index (χ4n) is 3.63. The number of anilines is 2. The second-order valence-corrected chi connectivity index (χ2v) is 7.00. The summed E-state index contributed by atoms with van der Waals surface area (Å²) in [5.74, 6) is 2.03. The van der Waals surface area contributed by atoms with E-state index < -0.39 is 5.69 Å². The number of benzene rings is 2. The molecule has 0 aliphatic carbocycles. The van der Waals surface area contributed by atoms with E-state index in [1.54, 1.807) is 38.5 Å². The van der Waals surface area contributed by atoms with Crippen LogP contribution in [0.25, 0.3) is 5.69 Å². The number of nitrogens with zero attached hydrogens (tertiary/aromatic N) is 3. The van der Waals surface area contributed by atoms with E-state index in [2.05, 4.69) is 9.88 Å². The first-order chi connectivity index (χ1) is 14.6. The molecule has 30 heavy (non-hydrogen) atoms.